The Balaban J connectivity index is 2.03. The second-order valence-electron chi connectivity index (χ2n) is 5.46. The molecule has 3 nitrogen and oxygen atoms in total. The molecule has 0 aliphatic heterocycles. The van der Waals surface area contributed by atoms with Crippen LogP contribution in [0.2, 0.25) is 0 Å². The number of halogens is 2. The minimum atomic E-state index is -1.18. The first-order valence-electron chi connectivity index (χ1n) is 6.77. The van der Waals surface area contributed by atoms with Crippen LogP contribution in [-0.2, 0) is 5.60 Å². The van der Waals surface area contributed by atoms with Gasteiger partial charge in [-0.25, -0.2) is 8.78 Å². The van der Waals surface area contributed by atoms with Gasteiger partial charge in [0.1, 0.15) is 17.1 Å². The summed E-state index contributed by atoms with van der Waals surface area (Å²) in [7, 11) is 0. The Morgan fingerprint density at radius 2 is 1.95 bits per heavy atom. The average Bonchev–Trinajstić information content (AvgIpc) is 2.87. The lowest BCUT2D eigenvalue weighted by Gasteiger charge is -2.24. The smallest absolute Gasteiger partial charge is 0.159 e. The van der Waals surface area contributed by atoms with Crippen LogP contribution in [-0.4, -0.2) is 11.7 Å². The van der Waals surface area contributed by atoms with Gasteiger partial charge in [0.2, 0.25) is 0 Å². The Labute approximate surface area is 122 Å². The van der Waals surface area contributed by atoms with Gasteiger partial charge in [-0.05, 0) is 50.6 Å². The van der Waals surface area contributed by atoms with Crippen LogP contribution < -0.4 is 5.32 Å². The summed E-state index contributed by atoms with van der Waals surface area (Å²) in [4.78, 5) is 0. The van der Waals surface area contributed by atoms with Crippen molar-refractivity contribution in [2.45, 2.75) is 32.4 Å². The molecule has 2 unspecified atom stereocenters. The molecule has 21 heavy (non-hydrogen) atoms. The normalized spacial score (nSPS) is 15.7. The third-order valence-electron chi connectivity index (χ3n) is 3.47. The van der Waals surface area contributed by atoms with Crippen LogP contribution in [0.25, 0.3) is 0 Å². The maximum Gasteiger partial charge on any atom is 0.159 e. The second-order valence-corrected chi connectivity index (χ2v) is 5.46. The molecule has 1 aromatic heterocycles. The Bertz CT molecular complexity index is 622. The molecule has 5 heteroatoms. The number of hydrogen-bond acceptors (Lipinski definition) is 3. The van der Waals surface area contributed by atoms with Gasteiger partial charge in [0.25, 0.3) is 0 Å². The number of rotatable bonds is 5. The summed E-state index contributed by atoms with van der Waals surface area (Å²) in [5.41, 5.74) is -0.568. The minimum Gasteiger partial charge on any atom is -0.463 e. The van der Waals surface area contributed by atoms with Crippen LogP contribution in [0.4, 0.5) is 8.78 Å². The van der Waals surface area contributed by atoms with E-state index < -0.39 is 17.2 Å². The summed E-state index contributed by atoms with van der Waals surface area (Å²) in [6.07, 6.45) is 0. The molecule has 0 aliphatic rings. The highest BCUT2D eigenvalue weighted by atomic mass is 19.2. The van der Waals surface area contributed by atoms with Crippen molar-refractivity contribution in [1.29, 1.82) is 0 Å². The van der Waals surface area contributed by atoms with Crippen LogP contribution in [0.15, 0.2) is 34.7 Å². The highest BCUT2D eigenvalue weighted by Crippen LogP contribution is 2.23. The topological polar surface area (TPSA) is 45.4 Å². The zero-order chi connectivity index (χ0) is 15.6. The van der Waals surface area contributed by atoms with Gasteiger partial charge < -0.3 is 14.8 Å². The fourth-order valence-corrected chi connectivity index (χ4v) is 2.06. The highest BCUT2D eigenvalue weighted by molar-refractivity contribution is 5.21. The standard InChI is InChI=1S/C16H19F2NO2/c1-10-4-7-15(21-10)16(3,20)9-19-11(2)12-5-6-13(17)14(18)8-12/h4-8,11,19-20H,9H2,1-3H3. The maximum atomic E-state index is 13.2. The largest absolute Gasteiger partial charge is 0.463 e. The maximum absolute atomic E-state index is 13.2. The molecule has 2 aromatic rings. The average molecular weight is 295 g/mol. The van der Waals surface area contributed by atoms with Gasteiger partial charge in [-0.3, -0.25) is 0 Å². The molecule has 0 spiro atoms. The molecule has 114 valence electrons. The van der Waals surface area contributed by atoms with Gasteiger partial charge in [0, 0.05) is 12.6 Å². The van der Waals surface area contributed by atoms with Crippen LogP contribution in [0.1, 0.15) is 37.0 Å². The van der Waals surface area contributed by atoms with Gasteiger partial charge in [0.05, 0.1) is 0 Å². The third-order valence-corrected chi connectivity index (χ3v) is 3.47. The van der Waals surface area contributed by atoms with Crippen LogP contribution in [0, 0.1) is 18.6 Å². The number of benzene rings is 1. The molecule has 0 saturated carbocycles. The minimum absolute atomic E-state index is 0.222. The third kappa shape index (κ3) is 3.68. The van der Waals surface area contributed by atoms with E-state index in [4.69, 9.17) is 4.42 Å². The first-order valence-corrected chi connectivity index (χ1v) is 6.77. The lowest BCUT2D eigenvalue weighted by Crippen LogP contribution is -2.36. The van der Waals surface area contributed by atoms with Crippen molar-refractivity contribution in [3.05, 3.63) is 59.1 Å². The van der Waals surface area contributed by atoms with E-state index in [9.17, 15) is 13.9 Å². The molecular weight excluding hydrogens is 276 g/mol. The number of nitrogens with one attached hydrogen (secondary N) is 1. The lowest BCUT2D eigenvalue weighted by atomic mass is 10.0. The molecule has 0 fully saturated rings. The van der Waals surface area contributed by atoms with Crippen molar-refractivity contribution < 1.29 is 18.3 Å². The van der Waals surface area contributed by atoms with Crippen molar-refractivity contribution >= 4 is 0 Å². The van der Waals surface area contributed by atoms with E-state index in [1.807, 2.05) is 6.92 Å². The Morgan fingerprint density at radius 1 is 1.24 bits per heavy atom. The summed E-state index contributed by atoms with van der Waals surface area (Å²) in [5.74, 6) is -0.567. The predicted molar refractivity (Wildman–Crippen MR) is 75.8 cm³/mol. The van der Waals surface area contributed by atoms with Crippen molar-refractivity contribution in [2.75, 3.05) is 6.54 Å². The van der Waals surface area contributed by atoms with E-state index >= 15 is 0 Å². The summed E-state index contributed by atoms with van der Waals surface area (Å²) in [5, 5.41) is 13.5. The van der Waals surface area contributed by atoms with Gasteiger partial charge >= 0.3 is 0 Å². The van der Waals surface area contributed by atoms with E-state index in [2.05, 4.69) is 5.32 Å². The molecule has 1 heterocycles. The second kappa shape index (κ2) is 5.95. The number of furan rings is 1. The quantitative estimate of drug-likeness (QED) is 0.888. The molecule has 2 rings (SSSR count). The zero-order valence-electron chi connectivity index (χ0n) is 12.3. The summed E-state index contributed by atoms with van der Waals surface area (Å²) < 4.78 is 31.5. The van der Waals surface area contributed by atoms with Gasteiger partial charge in [-0.1, -0.05) is 6.07 Å². The van der Waals surface area contributed by atoms with Gasteiger partial charge in [0.15, 0.2) is 11.6 Å². The fourth-order valence-electron chi connectivity index (χ4n) is 2.06. The van der Waals surface area contributed by atoms with E-state index in [1.54, 1.807) is 26.0 Å². The number of aliphatic hydroxyl groups is 1. The SMILES string of the molecule is Cc1ccc(C(C)(O)CNC(C)c2ccc(F)c(F)c2)o1. The molecule has 0 radical (unpaired) electrons. The Kier molecular flexibility index (Phi) is 4.44. The monoisotopic (exact) mass is 295 g/mol. The molecule has 0 aliphatic carbocycles. The summed E-state index contributed by atoms with van der Waals surface area (Å²) in [6, 6.07) is 7.03. The van der Waals surface area contributed by atoms with Crippen LogP contribution in [0.5, 0.6) is 0 Å². The molecule has 0 bridgehead atoms. The highest BCUT2D eigenvalue weighted by Gasteiger charge is 2.27. The zero-order valence-corrected chi connectivity index (χ0v) is 12.3. The van der Waals surface area contributed by atoms with E-state index in [-0.39, 0.29) is 12.6 Å². The van der Waals surface area contributed by atoms with E-state index in [0.717, 1.165) is 17.9 Å². The van der Waals surface area contributed by atoms with Crippen molar-refractivity contribution in [3.63, 3.8) is 0 Å². The fraction of sp³-hybridized carbons (Fsp3) is 0.375. The van der Waals surface area contributed by atoms with Crippen LogP contribution in [0.3, 0.4) is 0 Å². The van der Waals surface area contributed by atoms with Crippen LogP contribution >= 0.6 is 0 Å². The molecular formula is C16H19F2NO2. The number of aryl methyl sites for hydroxylation is 1. The molecule has 0 amide bonds. The van der Waals surface area contributed by atoms with Gasteiger partial charge in [-0.15, -0.1) is 0 Å². The van der Waals surface area contributed by atoms with Crippen molar-refractivity contribution in [2.24, 2.45) is 0 Å². The molecule has 2 N–H and O–H groups in total. The Morgan fingerprint density at radius 3 is 2.52 bits per heavy atom. The first kappa shape index (κ1) is 15.7. The summed E-state index contributed by atoms with van der Waals surface area (Å²) in [6.45, 7) is 5.48. The van der Waals surface area contributed by atoms with Crippen molar-refractivity contribution in [3.8, 4) is 0 Å². The van der Waals surface area contributed by atoms with E-state index in [1.165, 1.54) is 6.07 Å². The molecule has 1 aromatic carbocycles. The lowest BCUT2D eigenvalue weighted by molar-refractivity contribution is 0.0313. The summed E-state index contributed by atoms with van der Waals surface area (Å²) >= 11 is 0. The number of hydrogen-bond donors (Lipinski definition) is 2. The van der Waals surface area contributed by atoms with Gasteiger partial charge in [-0.2, -0.15) is 0 Å². The predicted octanol–water partition coefficient (Wildman–Crippen LogP) is 3.42. The molecule has 0 saturated heterocycles. The van der Waals surface area contributed by atoms with Crippen molar-refractivity contribution in [1.82, 2.24) is 5.32 Å². The Hall–Kier alpha value is -1.72. The molecule has 2 atom stereocenters. The first-order chi connectivity index (χ1) is 9.79. The van der Waals surface area contributed by atoms with E-state index in [0.29, 0.717) is 11.3 Å².